The fourth-order valence-corrected chi connectivity index (χ4v) is 5.57. The van der Waals surface area contributed by atoms with Gasteiger partial charge in [-0.1, -0.05) is 0 Å². The molecule has 0 aliphatic carbocycles. The summed E-state index contributed by atoms with van der Waals surface area (Å²) in [6.45, 7) is 7.10. The van der Waals surface area contributed by atoms with E-state index in [1.165, 1.54) is 6.07 Å². The monoisotopic (exact) mass is 477 g/mol. The molecular formula is C22H27NO4SeSi. The minimum absolute atomic E-state index is 0.105. The van der Waals surface area contributed by atoms with Crippen molar-refractivity contribution in [2.75, 3.05) is 6.61 Å². The van der Waals surface area contributed by atoms with Crippen molar-refractivity contribution in [3.05, 3.63) is 70.3 Å². The molecule has 0 fully saturated rings. The minimum atomic E-state index is -1.52. The number of hydrogen-bond donors (Lipinski definition) is 1. The number of hydrogen-bond acceptors (Lipinski definition) is 4. The second kappa shape index (κ2) is 11.3. The molecule has 0 saturated heterocycles. The number of benzene rings is 2. The van der Waals surface area contributed by atoms with Crippen LogP contribution in [0.1, 0.15) is 12.0 Å². The van der Waals surface area contributed by atoms with Crippen LogP contribution in [0.4, 0.5) is 5.69 Å². The van der Waals surface area contributed by atoms with Gasteiger partial charge < -0.3 is 0 Å². The second-order valence-corrected chi connectivity index (χ2v) is 15.1. The van der Waals surface area contributed by atoms with Gasteiger partial charge in [0.05, 0.1) is 0 Å². The van der Waals surface area contributed by atoms with Gasteiger partial charge in [0.2, 0.25) is 0 Å². The Morgan fingerprint density at radius 2 is 1.79 bits per heavy atom. The number of aliphatic hydroxyl groups is 1. The van der Waals surface area contributed by atoms with E-state index in [-0.39, 0.29) is 37.0 Å². The van der Waals surface area contributed by atoms with Crippen LogP contribution in [0, 0.1) is 21.6 Å². The van der Waals surface area contributed by atoms with Crippen molar-refractivity contribution < 1.29 is 14.8 Å². The first-order chi connectivity index (χ1) is 13.8. The van der Waals surface area contributed by atoms with E-state index in [1.807, 2.05) is 30.3 Å². The molecule has 2 aromatic rings. The summed E-state index contributed by atoms with van der Waals surface area (Å²) in [4.78, 5) is 10.8. The first-order valence-corrected chi connectivity index (χ1v) is 14.8. The quantitative estimate of drug-likeness (QED) is 0.260. The maximum absolute atomic E-state index is 11.4. The zero-order valence-electron chi connectivity index (χ0n) is 17.0. The van der Waals surface area contributed by atoms with Gasteiger partial charge in [-0.3, -0.25) is 0 Å². The molecule has 5 nitrogen and oxygen atoms in total. The van der Waals surface area contributed by atoms with E-state index in [2.05, 4.69) is 31.1 Å². The Balaban J connectivity index is 2.09. The molecule has 7 heteroatoms. The number of ether oxygens (including phenoxy) is 1. The topological polar surface area (TPSA) is 72.6 Å². The summed E-state index contributed by atoms with van der Waals surface area (Å²) in [5.41, 5.74) is 4.47. The zero-order valence-corrected chi connectivity index (χ0v) is 19.7. The van der Waals surface area contributed by atoms with Crippen LogP contribution in [-0.4, -0.2) is 45.8 Å². The van der Waals surface area contributed by atoms with Crippen molar-refractivity contribution in [3.8, 4) is 11.5 Å². The summed E-state index contributed by atoms with van der Waals surface area (Å²) in [6.07, 6.45) is -0.221. The van der Waals surface area contributed by atoms with E-state index in [0.717, 1.165) is 5.56 Å². The van der Waals surface area contributed by atoms with Crippen LogP contribution < -0.4 is 4.46 Å². The molecule has 0 aliphatic rings. The number of nitro groups is 1. The van der Waals surface area contributed by atoms with E-state index >= 15 is 0 Å². The van der Waals surface area contributed by atoms with Crippen molar-refractivity contribution in [2.24, 2.45) is 0 Å². The Morgan fingerprint density at radius 3 is 2.45 bits per heavy atom. The van der Waals surface area contributed by atoms with E-state index in [4.69, 9.17) is 4.74 Å². The molecule has 0 aliphatic heterocycles. The summed E-state index contributed by atoms with van der Waals surface area (Å²) in [5, 5.41) is 22.1. The average molecular weight is 477 g/mol. The van der Waals surface area contributed by atoms with Gasteiger partial charge in [0.1, 0.15) is 0 Å². The molecular weight excluding hydrogens is 449 g/mol. The maximum atomic E-state index is 11.4. The predicted octanol–water partition coefficient (Wildman–Crippen LogP) is 3.56. The molecule has 2 rings (SSSR count). The van der Waals surface area contributed by atoms with Crippen LogP contribution in [0.2, 0.25) is 24.5 Å². The fraction of sp³-hybridized carbons (Fsp3) is 0.364. The molecule has 0 amide bonds. The Labute approximate surface area is 179 Å². The molecule has 0 aromatic heterocycles. The molecule has 1 N–H and O–H groups in total. The molecule has 2 aromatic carbocycles. The third-order valence-corrected chi connectivity index (χ3v) is 7.76. The van der Waals surface area contributed by atoms with Gasteiger partial charge in [-0.2, -0.15) is 0 Å². The Hall–Kier alpha value is -1.94. The van der Waals surface area contributed by atoms with Crippen LogP contribution >= 0.6 is 0 Å². The van der Waals surface area contributed by atoms with Gasteiger partial charge in [0.25, 0.3) is 0 Å². The summed E-state index contributed by atoms with van der Waals surface area (Å²) >= 11 is -0.298. The van der Waals surface area contributed by atoms with Crippen molar-refractivity contribution in [3.63, 3.8) is 0 Å². The van der Waals surface area contributed by atoms with E-state index in [1.54, 1.807) is 18.2 Å². The van der Waals surface area contributed by atoms with Gasteiger partial charge in [-0.25, -0.2) is 0 Å². The standard InChI is InChI=1S/C22H27NO4SeSi/c1-29(2,3)15-9-14-22(28-21-13-8-7-12-19(21)23(25)26)20(24)17-27-16-18-10-5-4-6-11-18/h4-8,10-13,20,22,24H,14,16-17H2,1-3H3/t20-,22+/m1/s1. The van der Waals surface area contributed by atoms with Crippen LogP contribution in [0.25, 0.3) is 0 Å². The second-order valence-electron chi connectivity index (χ2n) is 7.71. The van der Waals surface area contributed by atoms with Crippen molar-refractivity contribution in [2.45, 2.75) is 43.6 Å². The number of rotatable bonds is 9. The molecule has 2 atom stereocenters. The Bertz CT molecular complexity index is 858. The fourth-order valence-electron chi connectivity index (χ4n) is 2.52. The normalized spacial score (nSPS) is 13.2. The van der Waals surface area contributed by atoms with E-state index < -0.39 is 14.2 Å². The number of nitro benzene ring substituents is 1. The predicted molar refractivity (Wildman–Crippen MR) is 120 cm³/mol. The van der Waals surface area contributed by atoms with Crippen LogP contribution in [0.15, 0.2) is 54.6 Å². The SMILES string of the molecule is C[Si](C)(C)C#CC[C@H]([Se]c1ccccc1[N+](=O)[O-])[C@H](O)COCc1ccccc1. The van der Waals surface area contributed by atoms with E-state index in [0.29, 0.717) is 17.5 Å². The van der Waals surface area contributed by atoms with Crippen LogP contribution in [-0.2, 0) is 11.3 Å². The molecule has 0 saturated carbocycles. The zero-order chi connectivity index (χ0) is 21.3. The Kier molecular flexibility index (Phi) is 9.09. The average Bonchev–Trinajstić information content (AvgIpc) is 2.67. The van der Waals surface area contributed by atoms with Gasteiger partial charge in [0, 0.05) is 0 Å². The van der Waals surface area contributed by atoms with Gasteiger partial charge in [-0.05, 0) is 0 Å². The Morgan fingerprint density at radius 1 is 1.14 bits per heavy atom. The third kappa shape index (κ3) is 8.53. The first-order valence-electron chi connectivity index (χ1n) is 9.46. The van der Waals surface area contributed by atoms with Crippen molar-refractivity contribution >= 4 is 33.2 Å². The summed E-state index contributed by atoms with van der Waals surface area (Å²) in [7, 11) is -1.52. The molecule has 0 unspecified atom stereocenters. The first kappa shape index (κ1) is 23.3. The number of para-hydroxylation sites is 1. The van der Waals surface area contributed by atoms with Gasteiger partial charge in [-0.15, -0.1) is 0 Å². The molecule has 0 spiro atoms. The van der Waals surface area contributed by atoms with Gasteiger partial charge >= 0.3 is 180 Å². The van der Waals surface area contributed by atoms with Crippen molar-refractivity contribution in [1.29, 1.82) is 0 Å². The summed E-state index contributed by atoms with van der Waals surface area (Å²) < 4.78 is 6.38. The molecule has 154 valence electrons. The molecule has 0 heterocycles. The van der Waals surface area contributed by atoms with E-state index in [9.17, 15) is 15.2 Å². The summed E-state index contributed by atoms with van der Waals surface area (Å²) in [6, 6.07) is 16.5. The van der Waals surface area contributed by atoms with Crippen LogP contribution in [0.5, 0.6) is 0 Å². The van der Waals surface area contributed by atoms with Crippen molar-refractivity contribution in [1.82, 2.24) is 0 Å². The third-order valence-electron chi connectivity index (χ3n) is 3.94. The molecule has 0 bridgehead atoms. The van der Waals surface area contributed by atoms with Crippen LogP contribution in [0.3, 0.4) is 0 Å². The number of aliphatic hydroxyl groups excluding tert-OH is 1. The molecule has 0 radical (unpaired) electrons. The molecule has 29 heavy (non-hydrogen) atoms. The summed E-state index contributed by atoms with van der Waals surface area (Å²) in [5.74, 6) is 3.23. The van der Waals surface area contributed by atoms with Gasteiger partial charge in [0.15, 0.2) is 0 Å². The number of nitrogens with zero attached hydrogens (tertiary/aromatic N) is 1.